The van der Waals surface area contributed by atoms with E-state index < -0.39 is 0 Å². The van der Waals surface area contributed by atoms with Crippen LogP contribution in [0.4, 0.5) is 10.1 Å². The summed E-state index contributed by atoms with van der Waals surface area (Å²) in [6.07, 6.45) is 1.67. The number of aromatic nitrogens is 1. The fourth-order valence-electron chi connectivity index (χ4n) is 3.41. The van der Waals surface area contributed by atoms with E-state index in [1.54, 1.807) is 19.4 Å². The highest BCUT2D eigenvalue weighted by molar-refractivity contribution is 6.06. The van der Waals surface area contributed by atoms with E-state index in [9.17, 15) is 9.18 Å². The lowest BCUT2D eigenvalue weighted by atomic mass is 10.1. The molecule has 6 heteroatoms. The van der Waals surface area contributed by atoms with Crippen LogP contribution in [0.1, 0.15) is 10.4 Å². The Hall–Kier alpha value is -3.02. The number of carbonyl (C=O) groups is 1. The van der Waals surface area contributed by atoms with Gasteiger partial charge in [0, 0.05) is 49.0 Å². The number of H-pyrrole nitrogens is 1. The van der Waals surface area contributed by atoms with Gasteiger partial charge in [0.05, 0.1) is 12.7 Å². The monoisotopic (exact) mass is 353 g/mol. The van der Waals surface area contributed by atoms with Gasteiger partial charge in [-0.15, -0.1) is 0 Å². The van der Waals surface area contributed by atoms with Gasteiger partial charge in [0.25, 0.3) is 5.91 Å². The average molecular weight is 353 g/mol. The standard InChI is InChI=1S/C20H20FN3O2/c1-26-16-5-3-15(4-6-16)23-8-10-24(11-9-23)20(25)18-13-22-19-12-14(21)2-7-17(18)19/h2-7,12-13,22H,8-11H2,1H3. The fourth-order valence-corrected chi connectivity index (χ4v) is 3.41. The third kappa shape index (κ3) is 2.98. The van der Waals surface area contributed by atoms with E-state index in [2.05, 4.69) is 9.88 Å². The Balaban J connectivity index is 1.45. The molecule has 2 heterocycles. The molecule has 0 saturated carbocycles. The SMILES string of the molecule is COc1ccc(N2CCN(C(=O)c3c[nH]c4cc(F)ccc34)CC2)cc1. The lowest BCUT2D eigenvalue weighted by Gasteiger charge is -2.36. The van der Waals surface area contributed by atoms with Gasteiger partial charge < -0.3 is 19.5 Å². The highest BCUT2D eigenvalue weighted by Crippen LogP contribution is 2.23. The number of rotatable bonds is 3. The molecule has 0 unspecified atom stereocenters. The molecule has 0 spiro atoms. The van der Waals surface area contributed by atoms with Crippen LogP contribution in [0.2, 0.25) is 0 Å². The van der Waals surface area contributed by atoms with Crippen LogP contribution in [-0.4, -0.2) is 49.1 Å². The van der Waals surface area contributed by atoms with Crippen LogP contribution in [0.15, 0.2) is 48.7 Å². The number of nitrogens with zero attached hydrogens (tertiary/aromatic N) is 2. The summed E-state index contributed by atoms with van der Waals surface area (Å²) in [5.41, 5.74) is 2.36. The smallest absolute Gasteiger partial charge is 0.256 e. The number of hydrogen-bond donors (Lipinski definition) is 1. The van der Waals surface area contributed by atoms with Crippen LogP contribution >= 0.6 is 0 Å². The van der Waals surface area contributed by atoms with Gasteiger partial charge in [-0.05, 0) is 42.5 Å². The summed E-state index contributed by atoms with van der Waals surface area (Å²) in [4.78, 5) is 20.0. The van der Waals surface area contributed by atoms with Crippen LogP contribution in [-0.2, 0) is 0 Å². The molecule has 0 radical (unpaired) electrons. The largest absolute Gasteiger partial charge is 0.497 e. The molecule has 1 aromatic heterocycles. The highest BCUT2D eigenvalue weighted by Gasteiger charge is 2.24. The fraction of sp³-hybridized carbons (Fsp3) is 0.250. The van der Waals surface area contributed by atoms with Crippen molar-refractivity contribution in [1.29, 1.82) is 0 Å². The molecule has 1 aliphatic heterocycles. The number of ether oxygens (including phenoxy) is 1. The first kappa shape index (κ1) is 16.4. The molecule has 0 aliphatic carbocycles. The van der Waals surface area contributed by atoms with Crippen molar-refractivity contribution in [2.24, 2.45) is 0 Å². The van der Waals surface area contributed by atoms with Crippen molar-refractivity contribution in [3.63, 3.8) is 0 Å². The summed E-state index contributed by atoms with van der Waals surface area (Å²) < 4.78 is 18.5. The van der Waals surface area contributed by atoms with Crippen molar-refractivity contribution >= 4 is 22.5 Å². The number of anilines is 1. The first-order chi connectivity index (χ1) is 12.7. The summed E-state index contributed by atoms with van der Waals surface area (Å²) in [6.45, 7) is 2.85. The summed E-state index contributed by atoms with van der Waals surface area (Å²) in [6, 6.07) is 12.4. The first-order valence-corrected chi connectivity index (χ1v) is 8.60. The lowest BCUT2D eigenvalue weighted by molar-refractivity contribution is 0.0749. The molecule has 1 amide bonds. The summed E-state index contributed by atoms with van der Waals surface area (Å²) in [7, 11) is 1.65. The lowest BCUT2D eigenvalue weighted by Crippen LogP contribution is -2.48. The number of amides is 1. The van der Waals surface area contributed by atoms with E-state index >= 15 is 0 Å². The third-order valence-electron chi connectivity index (χ3n) is 4.88. The number of carbonyl (C=O) groups excluding carboxylic acids is 1. The molecule has 1 fully saturated rings. The van der Waals surface area contributed by atoms with Gasteiger partial charge >= 0.3 is 0 Å². The predicted molar refractivity (Wildman–Crippen MR) is 99.4 cm³/mol. The quantitative estimate of drug-likeness (QED) is 0.786. The molecule has 1 aliphatic rings. The molecule has 5 nitrogen and oxygen atoms in total. The molecule has 134 valence electrons. The number of halogens is 1. The molecule has 0 bridgehead atoms. The summed E-state index contributed by atoms with van der Waals surface area (Å²) in [5, 5.41) is 0.758. The molecular formula is C20H20FN3O2. The molecule has 3 aromatic rings. The maximum atomic E-state index is 13.3. The number of nitrogens with one attached hydrogen (secondary N) is 1. The van der Waals surface area contributed by atoms with Crippen LogP contribution in [0, 0.1) is 5.82 Å². The summed E-state index contributed by atoms with van der Waals surface area (Å²) >= 11 is 0. The van der Waals surface area contributed by atoms with Crippen molar-refractivity contribution in [2.75, 3.05) is 38.2 Å². The van der Waals surface area contributed by atoms with Gasteiger partial charge in [-0.2, -0.15) is 0 Å². The minimum Gasteiger partial charge on any atom is -0.497 e. The molecule has 2 aromatic carbocycles. The zero-order valence-corrected chi connectivity index (χ0v) is 14.5. The molecule has 26 heavy (non-hydrogen) atoms. The number of piperazine rings is 1. The van der Waals surface area contributed by atoms with Gasteiger partial charge in [-0.1, -0.05) is 0 Å². The maximum Gasteiger partial charge on any atom is 0.256 e. The zero-order chi connectivity index (χ0) is 18.1. The van der Waals surface area contributed by atoms with Crippen LogP contribution in [0.5, 0.6) is 5.75 Å². The Morgan fingerprint density at radius 3 is 2.50 bits per heavy atom. The van der Waals surface area contributed by atoms with Gasteiger partial charge in [0.15, 0.2) is 0 Å². The van der Waals surface area contributed by atoms with Crippen molar-refractivity contribution in [2.45, 2.75) is 0 Å². The zero-order valence-electron chi connectivity index (χ0n) is 14.5. The van der Waals surface area contributed by atoms with Gasteiger partial charge in [-0.3, -0.25) is 4.79 Å². The van der Waals surface area contributed by atoms with E-state index in [-0.39, 0.29) is 11.7 Å². The topological polar surface area (TPSA) is 48.6 Å². The van der Waals surface area contributed by atoms with Gasteiger partial charge in [-0.25, -0.2) is 4.39 Å². The van der Waals surface area contributed by atoms with E-state index in [4.69, 9.17) is 4.74 Å². The average Bonchev–Trinajstić information content (AvgIpc) is 3.10. The Kier molecular flexibility index (Phi) is 4.24. The van der Waals surface area contributed by atoms with Gasteiger partial charge in [0.1, 0.15) is 11.6 Å². The predicted octanol–water partition coefficient (Wildman–Crippen LogP) is 3.28. The Bertz CT molecular complexity index is 928. The second kappa shape index (κ2) is 6.71. The van der Waals surface area contributed by atoms with Crippen molar-refractivity contribution in [3.05, 3.63) is 60.0 Å². The second-order valence-corrected chi connectivity index (χ2v) is 6.37. The third-order valence-corrected chi connectivity index (χ3v) is 4.88. The summed E-state index contributed by atoms with van der Waals surface area (Å²) in [5.74, 6) is 0.502. The molecule has 1 saturated heterocycles. The molecular weight excluding hydrogens is 333 g/mol. The van der Waals surface area contributed by atoms with Crippen LogP contribution < -0.4 is 9.64 Å². The van der Waals surface area contributed by atoms with E-state index in [0.29, 0.717) is 24.2 Å². The van der Waals surface area contributed by atoms with Crippen molar-refractivity contribution in [1.82, 2.24) is 9.88 Å². The Morgan fingerprint density at radius 2 is 1.81 bits per heavy atom. The van der Waals surface area contributed by atoms with Crippen LogP contribution in [0.25, 0.3) is 10.9 Å². The molecule has 1 N–H and O–H groups in total. The van der Waals surface area contributed by atoms with Crippen molar-refractivity contribution < 1.29 is 13.9 Å². The Labute approximate surface area is 151 Å². The Morgan fingerprint density at radius 1 is 1.08 bits per heavy atom. The normalized spacial score (nSPS) is 14.7. The van der Waals surface area contributed by atoms with E-state index in [0.717, 1.165) is 29.9 Å². The minimum absolute atomic E-state index is 0.0164. The number of benzene rings is 2. The number of hydrogen-bond acceptors (Lipinski definition) is 3. The number of methoxy groups -OCH3 is 1. The molecule has 0 atom stereocenters. The molecule has 4 rings (SSSR count). The number of fused-ring (bicyclic) bond motifs is 1. The number of aromatic amines is 1. The minimum atomic E-state index is -0.313. The van der Waals surface area contributed by atoms with Crippen molar-refractivity contribution in [3.8, 4) is 5.75 Å². The van der Waals surface area contributed by atoms with Crippen LogP contribution in [0.3, 0.4) is 0 Å². The van der Waals surface area contributed by atoms with E-state index in [1.807, 2.05) is 29.2 Å². The van der Waals surface area contributed by atoms with E-state index in [1.165, 1.54) is 12.1 Å². The highest BCUT2D eigenvalue weighted by atomic mass is 19.1. The second-order valence-electron chi connectivity index (χ2n) is 6.37. The van der Waals surface area contributed by atoms with Gasteiger partial charge in [0.2, 0.25) is 0 Å². The first-order valence-electron chi connectivity index (χ1n) is 8.60. The maximum absolute atomic E-state index is 13.3.